The minimum Gasteiger partial charge on any atom is -0.508 e. The van der Waals surface area contributed by atoms with Crippen molar-refractivity contribution >= 4 is 0 Å². The Hall–Kier alpha value is -2.22. The standard InChI is InChI=1S/C20H25FN2O4/c1-13-11-14(3-4-15(13)24)20(26,12-19(25)7-9-22-10-8-19)17-6-5-16(27-2)18(21)23-17/h3-6,11,22,24-26H,7-10,12H2,1-2H3. The van der Waals surface area contributed by atoms with Gasteiger partial charge in [-0.05, 0) is 68.2 Å². The first-order valence-electron chi connectivity index (χ1n) is 8.94. The number of ether oxygens (including phenoxy) is 1. The summed E-state index contributed by atoms with van der Waals surface area (Å²) in [5.41, 5.74) is -1.77. The third-order valence-electron chi connectivity index (χ3n) is 5.25. The van der Waals surface area contributed by atoms with Gasteiger partial charge < -0.3 is 25.4 Å². The van der Waals surface area contributed by atoms with Crippen LogP contribution in [0.5, 0.6) is 11.5 Å². The average molecular weight is 376 g/mol. The number of hydrogen-bond donors (Lipinski definition) is 4. The molecule has 0 radical (unpaired) electrons. The van der Waals surface area contributed by atoms with Crippen LogP contribution < -0.4 is 10.1 Å². The van der Waals surface area contributed by atoms with Crippen LogP contribution in [0.15, 0.2) is 30.3 Å². The summed E-state index contributed by atoms with van der Waals surface area (Å²) in [6.45, 7) is 2.97. The van der Waals surface area contributed by atoms with Gasteiger partial charge in [0.05, 0.1) is 18.4 Å². The molecule has 6 nitrogen and oxygen atoms in total. The van der Waals surface area contributed by atoms with Gasteiger partial charge in [0.1, 0.15) is 11.4 Å². The van der Waals surface area contributed by atoms with E-state index in [2.05, 4.69) is 10.3 Å². The molecule has 1 saturated heterocycles. The first-order valence-corrected chi connectivity index (χ1v) is 8.94. The first-order chi connectivity index (χ1) is 12.8. The maximum Gasteiger partial charge on any atom is 0.255 e. The van der Waals surface area contributed by atoms with E-state index in [0.717, 1.165) is 0 Å². The molecule has 2 heterocycles. The van der Waals surface area contributed by atoms with E-state index in [0.29, 0.717) is 37.1 Å². The van der Waals surface area contributed by atoms with Crippen LogP contribution in [-0.4, -0.2) is 46.1 Å². The predicted octanol–water partition coefficient (Wildman–Crippen LogP) is 1.98. The molecule has 4 N–H and O–H groups in total. The number of aliphatic hydroxyl groups is 2. The Morgan fingerprint density at radius 2 is 1.96 bits per heavy atom. The minimum atomic E-state index is -1.72. The molecule has 146 valence electrons. The van der Waals surface area contributed by atoms with E-state index in [1.165, 1.54) is 25.3 Å². The Kier molecular flexibility index (Phi) is 5.37. The number of nitrogens with one attached hydrogen (secondary N) is 1. The maximum atomic E-state index is 14.3. The number of nitrogens with zero attached hydrogens (tertiary/aromatic N) is 1. The monoisotopic (exact) mass is 376 g/mol. The molecule has 0 saturated carbocycles. The van der Waals surface area contributed by atoms with Crippen molar-refractivity contribution in [1.82, 2.24) is 10.3 Å². The highest BCUT2D eigenvalue weighted by Crippen LogP contribution is 2.40. The number of piperidine rings is 1. The van der Waals surface area contributed by atoms with Crippen LogP contribution in [0.3, 0.4) is 0 Å². The Morgan fingerprint density at radius 1 is 1.26 bits per heavy atom. The predicted molar refractivity (Wildman–Crippen MR) is 98.3 cm³/mol. The van der Waals surface area contributed by atoms with Crippen LogP contribution in [0.4, 0.5) is 4.39 Å². The number of halogens is 1. The number of benzene rings is 1. The smallest absolute Gasteiger partial charge is 0.255 e. The van der Waals surface area contributed by atoms with Crippen molar-refractivity contribution in [2.75, 3.05) is 20.2 Å². The van der Waals surface area contributed by atoms with Gasteiger partial charge >= 0.3 is 0 Å². The molecule has 1 aliphatic heterocycles. The quantitative estimate of drug-likeness (QED) is 0.596. The van der Waals surface area contributed by atoms with Crippen LogP contribution in [0.1, 0.15) is 36.1 Å². The van der Waals surface area contributed by atoms with E-state index in [-0.39, 0.29) is 23.6 Å². The number of rotatable bonds is 5. The molecule has 1 aromatic carbocycles. The van der Waals surface area contributed by atoms with Gasteiger partial charge in [0.25, 0.3) is 5.95 Å². The molecule has 1 aliphatic rings. The highest BCUT2D eigenvalue weighted by molar-refractivity contribution is 5.42. The van der Waals surface area contributed by atoms with Gasteiger partial charge in [-0.3, -0.25) is 0 Å². The molecule has 27 heavy (non-hydrogen) atoms. The van der Waals surface area contributed by atoms with Crippen molar-refractivity contribution in [2.45, 2.75) is 37.4 Å². The van der Waals surface area contributed by atoms with Crippen molar-refractivity contribution in [3.63, 3.8) is 0 Å². The number of hydrogen-bond acceptors (Lipinski definition) is 6. The molecule has 0 amide bonds. The largest absolute Gasteiger partial charge is 0.508 e. The van der Waals surface area contributed by atoms with Crippen LogP contribution >= 0.6 is 0 Å². The van der Waals surface area contributed by atoms with Gasteiger partial charge in [0.15, 0.2) is 5.75 Å². The summed E-state index contributed by atoms with van der Waals surface area (Å²) in [7, 11) is 1.34. The number of aromatic hydroxyl groups is 1. The number of aryl methyl sites for hydroxylation is 1. The van der Waals surface area contributed by atoms with E-state index < -0.39 is 17.1 Å². The molecule has 1 atom stereocenters. The third-order valence-corrected chi connectivity index (χ3v) is 5.25. The lowest BCUT2D eigenvalue weighted by Crippen LogP contribution is -2.47. The molecule has 1 unspecified atom stereocenters. The van der Waals surface area contributed by atoms with Crippen molar-refractivity contribution in [1.29, 1.82) is 0 Å². The lowest BCUT2D eigenvalue weighted by molar-refractivity contribution is -0.0657. The fourth-order valence-corrected chi connectivity index (χ4v) is 3.60. The van der Waals surface area contributed by atoms with Crippen molar-refractivity contribution in [3.05, 3.63) is 53.1 Å². The van der Waals surface area contributed by atoms with Gasteiger partial charge in [-0.2, -0.15) is 4.39 Å². The number of aromatic nitrogens is 1. The van der Waals surface area contributed by atoms with E-state index in [4.69, 9.17) is 4.74 Å². The van der Waals surface area contributed by atoms with E-state index in [1.54, 1.807) is 19.1 Å². The Bertz CT molecular complexity index is 824. The zero-order chi connectivity index (χ0) is 19.7. The molecular weight excluding hydrogens is 351 g/mol. The van der Waals surface area contributed by atoms with Gasteiger partial charge in [-0.15, -0.1) is 0 Å². The summed E-state index contributed by atoms with van der Waals surface area (Å²) in [6.07, 6.45) is 0.890. The second kappa shape index (κ2) is 7.42. The summed E-state index contributed by atoms with van der Waals surface area (Å²) in [6, 6.07) is 7.57. The van der Waals surface area contributed by atoms with E-state index in [1.807, 2.05) is 0 Å². The van der Waals surface area contributed by atoms with Gasteiger partial charge in [0, 0.05) is 6.42 Å². The number of phenols is 1. The zero-order valence-corrected chi connectivity index (χ0v) is 15.5. The maximum absolute atomic E-state index is 14.3. The molecular formula is C20H25FN2O4. The van der Waals surface area contributed by atoms with Crippen LogP contribution in [0.2, 0.25) is 0 Å². The second-order valence-electron chi connectivity index (χ2n) is 7.20. The lowest BCUT2D eigenvalue weighted by Gasteiger charge is -2.40. The first kappa shape index (κ1) is 19.5. The fourth-order valence-electron chi connectivity index (χ4n) is 3.60. The van der Waals surface area contributed by atoms with Gasteiger partial charge in [0.2, 0.25) is 0 Å². The van der Waals surface area contributed by atoms with E-state index >= 15 is 0 Å². The topological polar surface area (TPSA) is 94.8 Å². The SMILES string of the molecule is COc1ccc(C(O)(CC2(O)CCNCC2)c2ccc(O)c(C)c2)nc1F. The van der Waals surface area contributed by atoms with Crippen molar-refractivity contribution < 1.29 is 24.4 Å². The molecule has 3 rings (SSSR count). The summed E-state index contributed by atoms with van der Waals surface area (Å²) in [4.78, 5) is 3.91. The molecule has 2 aromatic rings. The number of pyridine rings is 1. The molecule has 0 spiro atoms. The molecule has 0 bridgehead atoms. The summed E-state index contributed by atoms with van der Waals surface area (Å²) < 4.78 is 19.2. The fraction of sp³-hybridized carbons (Fsp3) is 0.450. The number of phenolic OH excluding ortho intramolecular Hbond substituents is 1. The average Bonchev–Trinajstić information content (AvgIpc) is 2.64. The number of methoxy groups -OCH3 is 1. The lowest BCUT2D eigenvalue weighted by atomic mass is 9.75. The van der Waals surface area contributed by atoms with Crippen LogP contribution in [-0.2, 0) is 5.60 Å². The highest BCUT2D eigenvalue weighted by atomic mass is 19.1. The van der Waals surface area contributed by atoms with Gasteiger partial charge in [-0.1, -0.05) is 6.07 Å². The minimum absolute atomic E-state index is 0.0245. The third kappa shape index (κ3) is 3.90. The zero-order valence-electron chi connectivity index (χ0n) is 15.5. The van der Waals surface area contributed by atoms with E-state index in [9.17, 15) is 19.7 Å². The van der Waals surface area contributed by atoms with Crippen molar-refractivity contribution in [2.24, 2.45) is 0 Å². The molecule has 0 aliphatic carbocycles. The molecule has 1 fully saturated rings. The Balaban J connectivity index is 2.10. The Morgan fingerprint density at radius 3 is 2.56 bits per heavy atom. The summed E-state index contributed by atoms with van der Waals surface area (Å²) in [5, 5.41) is 35.7. The summed E-state index contributed by atoms with van der Waals surface area (Å²) in [5.74, 6) is -0.764. The van der Waals surface area contributed by atoms with Crippen LogP contribution in [0.25, 0.3) is 0 Å². The van der Waals surface area contributed by atoms with Crippen LogP contribution in [0, 0.1) is 12.9 Å². The molecule has 7 heteroatoms. The molecule has 1 aromatic heterocycles. The normalized spacial score (nSPS) is 18.7. The van der Waals surface area contributed by atoms with Crippen molar-refractivity contribution in [3.8, 4) is 11.5 Å². The second-order valence-corrected chi connectivity index (χ2v) is 7.20. The summed E-state index contributed by atoms with van der Waals surface area (Å²) >= 11 is 0. The Labute approximate surface area is 157 Å². The highest BCUT2D eigenvalue weighted by Gasteiger charge is 2.43. The van der Waals surface area contributed by atoms with Gasteiger partial charge in [-0.25, -0.2) is 4.98 Å².